The van der Waals surface area contributed by atoms with Crippen LogP contribution in [0.5, 0.6) is 0 Å². The smallest absolute Gasteiger partial charge is 0.260 e. The fraction of sp³-hybridized carbons (Fsp3) is 0.522. The lowest BCUT2D eigenvalue weighted by atomic mass is 9.90. The number of likely N-dealkylation sites (tertiary alicyclic amines) is 5. The van der Waals surface area contributed by atoms with E-state index in [0.717, 1.165) is 16.7 Å². The molecule has 0 aliphatic carbocycles. The summed E-state index contributed by atoms with van der Waals surface area (Å²) in [5, 5.41) is 32.4. The Balaban J connectivity index is 0.000000161. The van der Waals surface area contributed by atoms with E-state index in [0.29, 0.717) is 137 Å². The van der Waals surface area contributed by atoms with Crippen LogP contribution in [-0.4, -0.2) is 191 Å². The summed E-state index contributed by atoms with van der Waals surface area (Å²) in [7, 11) is 0. The molecule has 516 valence electrons. The first-order valence-corrected chi connectivity index (χ1v) is 33.2. The van der Waals surface area contributed by atoms with Gasteiger partial charge in [0.15, 0.2) is 17.0 Å². The van der Waals surface area contributed by atoms with Gasteiger partial charge in [0, 0.05) is 197 Å². The van der Waals surface area contributed by atoms with Crippen molar-refractivity contribution < 1.29 is 53.9 Å². The van der Waals surface area contributed by atoms with Gasteiger partial charge in [0.25, 0.3) is 17.7 Å². The second-order valence-corrected chi connectivity index (χ2v) is 25.9. The number of hydrogen-bond donors (Lipinski definition) is 3. The van der Waals surface area contributed by atoms with E-state index in [1.54, 1.807) is 51.9 Å². The normalized spacial score (nSPS) is 19.6. The number of hydrogen-bond acceptors (Lipinski definition) is 15. The molecular weight excluding hydrogens is 1260 g/mol. The Hall–Kier alpha value is -7.56. The molecule has 3 N–H and O–H groups in total. The second-order valence-electron chi connectivity index (χ2n) is 25.9. The van der Waals surface area contributed by atoms with E-state index in [2.05, 4.69) is 56.3 Å². The fourth-order valence-electron chi connectivity index (χ4n) is 13.5. The van der Waals surface area contributed by atoms with Crippen LogP contribution in [0.15, 0.2) is 110 Å². The molecule has 6 aliphatic rings. The van der Waals surface area contributed by atoms with Crippen molar-refractivity contribution in [3.05, 3.63) is 178 Å². The van der Waals surface area contributed by atoms with Crippen molar-refractivity contribution in [2.75, 3.05) is 78.5 Å². The van der Waals surface area contributed by atoms with E-state index in [-0.39, 0.29) is 93.0 Å². The van der Waals surface area contributed by atoms with Gasteiger partial charge in [-0.1, -0.05) is 18.2 Å². The van der Waals surface area contributed by atoms with Crippen LogP contribution in [0, 0.1) is 34.9 Å². The Morgan fingerprint density at radius 1 is 0.427 bits per heavy atom. The van der Waals surface area contributed by atoms with Gasteiger partial charge in [0.2, 0.25) is 0 Å². The van der Waals surface area contributed by atoms with E-state index in [1.807, 2.05) is 23.1 Å². The monoisotopic (exact) mass is 1340 g/mol. The average Bonchev–Trinajstić information content (AvgIpc) is 0.847. The number of amides is 3. The Kier molecular flexibility index (Phi) is 24.9. The molecule has 12 rings (SSSR count). The van der Waals surface area contributed by atoms with Crippen LogP contribution < -0.4 is 16.0 Å². The quantitative estimate of drug-likeness (QED) is 0.0696. The maximum atomic E-state index is 15.8. The molecule has 6 aliphatic heterocycles. The van der Waals surface area contributed by atoms with E-state index >= 15 is 8.78 Å². The van der Waals surface area contributed by atoms with Crippen molar-refractivity contribution in [3.63, 3.8) is 0 Å². The number of benzene rings is 3. The van der Waals surface area contributed by atoms with Crippen molar-refractivity contribution in [1.29, 1.82) is 0 Å². The second kappa shape index (κ2) is 33.6. The number of rotatable bonds is 18. The van der Waals surface area contributed by atoms with Gasteiger partial charge in [-0.2, -0.15) is 30.6 Å². The van der Waals surface area contributed by atoms with Gasteiger partial charge in [0.05, 0.1) is 18.6 Å². The predicted octanol–water partition coefficient (Wildman–Crippen LogP) is 8.52. The van der Waals surface area contributed by atoms with Crippen LogP contribution in [-0.2, 0) is 53.7 Å². The number of halogens is 9. The minimum atomic E-state index is -1.88. The molecule has 0 bridgehead atoms. The highest BCUT2D eigenvalue weighted by Gasteiger charge is 2.47. The molecule has 0 radical (unpaired) electrons. The number of carbonyl (C=O) groups excluding carboxylic acids is 3. The van der Waals surface area contributed by atoms with E-state index in [4.69, 9.17) is 0 Å². The summed E-state index contributed by atoms with van der Waals surface area (Å²) >= 11 is 0. The summed E-state index contributed by atoms with van der Waals surface area (Å²) in [6.45, 7) is 7.67. The lowest BCUT2D eigenvalue weighted by Crippen LogP contribution is -2.55. The first-order valence-electron chi connectivity index (χ1n) is 33.2. The van der Waals surface area contributed by atoms with Crippen LogP contribution in [0.4, 0.5) is 39.5 Å². The molecular formula is C69H84F9N15O3. The van der Waals surface area contributed by atoms with Gasteiger partial charge in [-0.15, -0.1) is 0 Å². The molecule has 6 saturated heterocycles. The molecule has 96 heavy (non-hydrogen) atoms. The molecule has 6 fully saturated rings. The zero-order valence-corrected chi connectivity index (χ0v) is 53.8. The Bertz CT molecular complexity index is 3400. The van der Waals surface area contributed by atoms with E-state index in [9.17, 15) is 45.1 Å². The first kappa shape index (κ1) is 71.2. The summed E-state index contributed by atoms with van der Waals surface area (Å²) in [4.78, 5) is 49.7. The average molecular weight is 1340 g/mol. The maximum Gasteiger partial charge on any atom is 0.260 e. The Morgan fingerprint density at radius 2 is 0.760 bits per heavy atom. The molecule has 0 saturated carbocycles. The van der Waals surface area contributed by atoms with Crippen LogP contribution in [0.1, 0.15) is 110 Å². The molecule has 27 heteroatoms. The summed E-state index contributed by atoms with van der Waals surface area (Å²) in [5.41, 5.74) is -2.51. The summed E-state index contributed by atoms with van der Waals surface area (Å²) < 4.78 is 130. The third-order valence-corrected chi connectivity index (χ3v) is 19.5. The number of aromatic nitrogens is 6. The van der Waals surface area contributed by atoms with Gasteiger partial charge in [0.1, 0.15) is 34.9 Å². The van der Waals surface area contributed by atoms with Crippen molar-refractivity contribution in [1.82, 2.24) is 75.9 Å². The molecule has 0 atom stereocenters. The standard InChI is InChI=1S/C28H32F3N7O.C23H28F3N5O.C18H24F3N3O/c29-25-2-1-3-26(30)24(25)20-38(19-22-5-11-33-35-17-22)23-6-12-37(13-7-23)27(39)28(31)8-14-36(15-9-28)18-21-4-10-32-34-16-21;24-20-2-1-3-21(25)19(20)15-27-18-5-10-31(11-6-18)22(32)23(26)7-12-30(13-8-23)16-17-4-9-28-29-14-17;19-15-2-1-3-16(20)14(15)12-23-13-4-10-24(11-5-13)17(25)18(21)6-8-22-9-7-18/h1-5,10-11,16-17,23H,6-9,12-15,18-20H2;1-4,9,14,18,27H,5-8,10-13,15-16H2;1-3,13,22-23H,4-12H2. The number of alkyl halides is 3. The maximum absolute atomic E-state index is 15.8. The lowest BCUT2D eigenvalue weighted by Gasteiger charge is -2.42. The van der Waals surface area contributed by atoms with Crippen molar-refractivity contribution in [2.24, 2.45) is 0 Å². The Labute approximate surface area is 553 Å². The first-order chi connectivity index (χ1) is 46.3. The summed E-state index contributed by atoms with van der Waals surface area (Å²) in [6, 6.07) is 17.1. The van der Waals surface area contributed by atoms with Crippen LogP contribution in [0.25, 0.3) is 0 Å². The highest BCUT2D eigenvalue weighted by atomic mass is 19.2. The van der Waals surface area contributed by atoms with Gasteiger partial charge >= 0.3 is 0 Å². The van der Waals surface area contributed by atoms with Crippen LogP contribution in [0.3, 0.4) is 0 Å². The summed E-state index contributed by atoms with van der Waals surface area (Å²) in [5.74, 6) is -4.74. The van der Waals surface area contributed by atoms with Gasteiger partial charge in [-0.3, -0.25) is 29.1 Å². The zero-order valence-electron chi connectivity index (χ0n) is 53.8. The number of nitrogens with zero attached hydrogens (tertiary/aromatic N) is 12. The molecule has 9 heterocycles. The molecule has 3 aromatic carbocycles. The van der Waals surface area contributed by atoms with Crippen molar-refractivity contribution in [2.45, 2.75) is 151 Å². The topological polar surface area (TPSA) is 184 Å². The number of carbonyl (C=O) groups is 3. The number of nitrogens with one attached hydrogen (secondary N) is 3. The van der Waals surface area contributed by atoms with Gasteiger partial charge in [-0.25, -0.2) is 39.5 Å². The third kappa shape index (κ3) is 19.0. The van der Waals surface area contributed by atoms with Crippen molar-refractivity contribution in [3.8, 4) is 0 Å². The largest absolute Gasteiger partial charge is 0.340 e. The lowest BCUT2D eigenvalue weighted by molar-refractivity contribution is -0.149. The van der Waals surface area contributed by atoms with Crippen LogP contribution >= 0.6 is 0 Å². The molecule has 18 nitrogen and oxygen atoms in total. The third-order valence-electron chi connectivity index (χ3n) is 19.5. The zero-order chi connectivity index (χ0) is 67.7. The highest BCUT2D eigenvalue weighted by Crippen LogP contribution is 2.34. The number of piperidine rings is 6. The SMILES string of the molecule is O=C(N1CCC(N(Cc2ccnnc2)Cc2c(F)cccc2F)CC1)C1(F)CCN(Cc2ccnnc2)CC1.O=C(N1CCC(NCc2c(F)cccc2F)CC1)C1(F)CCN(Cc2ccnnc2)CC1.O=C(N1CCC(NCc2c(F)cccc2F)CC1)C1(F)CCNCC1. The van der Waals surface area contributed by atoms with Crippen molar-refractivity contribution >= 4 is 17.7 Å². The predicted molar refractivity (Wildman–Crippen MR) is 340 cm³/mol. The van der Waals surface area contributed by atoms with E-state index in [1.165, 1.54) is 54.6 Å². The van der Waals surface area contributed by atoms with E-state index < -0.39 is 69.6 Å². The molecule has 0 spiro atoms. The Morgan fingerprint density at radius 3 is 1.11 bits per heavy atom. The highest BCUT2D eigenvalue weighted by molar-refractivity contribution is 5.86. The summed E-state index contributed by atoms with van der Waals surface area (Å²) in [6.07, 6.45) is 14.7. The fourth-order valence-corrected chi connectivity index (χ4v) is 13.5. The minimum absolute atomic E-state index is 0.00930. The molecule has 0 unspecified atom stereocenters. The molecule has 3 amide bonds. The van der Waals surface area contributed by atoms with Gasteiger partial charge < -0.3 is 30.7 Å². The minimum Gasteiger partial charge on any atom is -0.340 e. The molecule has 3 aromatic heterocycles. The molecule has 6 aromatic rings. The van der Waals surface area contributed by atoms with Crippen LogP contribution in [0.2, 0.25) is 0 Å². The van der Waals surface area contributed by atoms with Gasteiger partial charge in [-0.05, 0) is 123 Å².